The van der Waals surface area contributed by atoms with Gasteiger partial charge in [0.2, 0.25) is 11.8 Å². The van der Waals surface area contributed by atoms with E-state index in [2.05, 4.69) is 25.7 Å². The smallest absolute Gasteiger partial charge is 0.261 e. The molecule has 0 spiro atoms. The molecule has 0 aliphatic carbocycles. The minimum absolute atomic E-state index is 0.126. The van der Waals surface area contributed by atoms with Gasteiger partial charge in [0, 0.05) is 61.8 Å². The van der Waals surface area contributed by atoms with Gasteiger partial charge in [0.25, 0.3) is 11.8 Å². The van der Waals surface area contributed by atoms with Crippen molar-refractivity contribution in [1.29, 1.82) is 0 Å². The summed E-state index contributed by atoms with van der Waals surface area (Å²) in [5.74, 6) is 0.650. The van der Waals surface area contributed by atoms with Crippen LogP contribution in [0.25, 0.3) is 11.3 Å². The maximum absolute atomic E-state index is 14.9. The second kappa shape index (κ2) is 15.2. The van der Waals surface area contributed by atoms with Crippen molar-refractivity contribution in [2.45, 2.75) is 69.9 Å². The van der Waals surface area contributed by atoms with Crippen molar-refractivity contribution >= 4 is 46.1 Å². The van der Waals surface area contributed by atoms with Crippen LogP contribution in [0.5, 0.6) is 11.8 Å². The number of nitrogens with zero attached hydrogens (tertiary/aromatic N) is 10. The first-order chi connectivity index (χ1) is 29.9. The fourth-order valence-corrected chi connectivity index (χ4v) is 8.83. The van der Waals surface area contributed by atoms with Gasteiger partial charge in [0.1, 0.15) is 34.1 Å². The Hall–Kier alpha value is -6.48. The zero-order valence-electron chi connectivity index (χ0n) is 34.6. The Bertz CT molecular complexity index is 2730. The van der Waals surface area contributed by atoms with Crippen LogP contribution < -0.4 is 29.9 Å². The highest BCUT2D eigenvalue weighted by Gasteiger charge is 2.42. The Labute approximate surface area is 354 Å². The summed E-state index contributed by atoms with van der Waals surface area (Å²) >= 11 is 0. The lowest BCUT2D eigenvalue weighted by atomic mass is 9.99. The van der Waals surface area contributed by atoms with Gasteiger partial charge in [-0.05, 0) is 52.0 Å². The van der Waals surface area contributed by atoms with E-state index in [9.17, 15) is 19.8 Å². The molecule has 0 aromatic carbocycles. The minimum Gasteiger partial charge on any atom is -0.471 e. The second-order valence-electron chi connectivity index (χ2n) is 17.1. The number of carbonyl (C=O) groups excluding carboxylic acids is 2. The standard InChI is InChI=1S/C42H46N12O8/c1-41(2)17-23-15-27(34(48-39(23)61-41)51-11-13-59-22-25(51)20-55)47-38(58)30-31(50-54-10-6-8-44-36(30)54)32-29(21-56)52(12-14-60-32)35-28(16-24-18-42(3,4)62-40(24)49-35)46-37(57)26-19-45-53-9-5-7-43-33(26)53/h5-10,15-16,19,25,29,32,55-56H,11-14,17-18,20-22H2,1-4H3,(H,46,57)(H,47,58)/t25-,29+,32?/m0/s1. The highest BCUT2D eigenvalue weighted by Crippen LogP contribution is 2.43. The number of carbonyl (C=O) groups is 2. The van der Waals surface area contributed by atoms with Gasteiger partial charge in [-0.3, -0.25) is 9.59 Å². The molecule has 0 saturated carbocycles. The average Bonchev–Trinajstić information content (AvgIpc) is 4.02. The fraction of sp³-hybridized carbons (Fsp3) is 0.429. The van der Waals surface area contributed by atoms with Crippen LogP contribution >= 0.6 is 0 Å². The summed E-state index contributed by atoms with van der Waals surface area (Å²) in [6.45, 7) is 8.76. The maximum Gasteiger partial charge on any atom is 0.261 e. The Morgan fingerprint density at radius 2 is 1.44 bits per heavy atom. The molecule has 4 aliphatic rings. The normalized spacial score (nSPS) is 21.4. The minimum atomic E-state index is -0.985. The summed E-state index contributed by atoms with van der Waals surface area (Å²) < 4.78 is 27.6. The van der Waals surface area contributed by atoms with Crippen LogP contribution in [-0.4, -0.2) is 131 Å². The molecule has 0 bridgehead atoms. The molecule has 2 fully saturated rings. The number of aliphatic hydroxyl groups is 2. The highest BCUT2D eigenvalue weighted by molar-refractivity contribution is 6.11. The first-order valence-corrected chi connectivity index (χ1v) is 20.5. The SMILES string of the molecule is CC1(C)Cc2cc(NC(=O)c3c(C4OCCN(c5nc6c(cc5NC(=O)c5cnn7cccnc57)CC(C)(C)O6)[C@@H]4CO)nn4cccnc34)c(N3CCOC[C@@H]3CO)nc2O1. The topological polar surface area (TPSA) is 228 Å². The number of morpholine rings is 2. The molecule has 4 N–H and O–H groups in total. The molecular weight excluding hydrogens is 801 g/mol. The first kappa shape index (κ1) is 39.6. The highest BCUT2D eigenvalue weighted by atomic mass is 16.5. The Morgan fingerprint density at radius 1 is 0.806 bits per heavy atom. The number of aliphatic hydroxyl groups excluding tert-OH is 2. The van der Waals surface area contributed by atoms with E-state index in [4.69, 9.17) is 34.0 Å². The lowest BCUT2D eigenvalue weighted by Crippen LogP contribution is -2.50. The molecule has 1 unspecified atom stereocenters. The third-order valence-electron chi connectivity index (χ3n) is 11.5. The first-order valence-electron chi connectivity index (χ1n) is 20.5. The van der Waals surface area contributed by atoms with Crippen LogP contribution in [0.15, 0.2) is 55.2 Å². The molecule has 62 heavy (non-hydrogen) atoms. The predicted octanol–water partition coefficient (Wildman–Crippen LogP) is 2.63. The molecule has 20 heteroatoms. The number of hydrogen-bond donors (Lipinski definition) is 4. The lowest BCUT2D eigenvalue weighted by molar-refractivity contribution is -0.00856. The molecule has 10 rings (SSSR count). The van der Waals surface area contributed by atoms with Crippen LogP contribution in [0.3, 0.4) is 0 Å². The van der Waals surface area contributed by atoms with E-state index in [1.807, 2.05) is 49.6 Å². The molecule has 322 valence electrons. The van der Waals surface area contributed by atoms with Crippen molar-refractivity contribution in [1.82, 2.24) is 39.2 Å². The van der Waals surface area contributed by atoms with Crippen molar-refractivity contribution in [2.24, 2.45) is 0 Å². The third kappa shape index (κ3) is 6.97. The van der Waals surface area contributed by atoms with Crippen molar-refractivity contribution in [2.75, 3.05) is 66.6 Å². The summed E-state index contributed by atoms with van der Waals surface area (Å²) in [4.78, 5) is 51.5. The van der Waals surface area contributed by atoms with E-state index in [1.54, 1.807) is 36.9 Å². The number of nitrogens with one attached hydrogen (secondary N) is 2. The predicted molar refractivity (Wildman–Crippen MR) is 223 cm³/mol. The molecule has 2 amide bonds. The summed E-state index contributed by atoms with van der Waals surface area (Å²) in [7, 11) is 0. The van der Waals surface area contributed by atoms with Gasteiger partial charge in [-0.15, -0.1) is 0 Å². The monoisotopic (exact) mass is 846 g/mol. The summed E-state index contributed by atoms with van der Waals surface area (Å²) in [6.07, 6.45) is 8.14. The molecule has 10 heterocycles. The fourth-order valence-electron chi connectivity index (χ4n) is 8.83. The summed E-state index contributed by atoms with van der Waals surface area (Å²) in [5.41, 5.74) is 2.63. The number of rotatable bonds is 9. The van der Waals surface area contributed by atoms with Gasteiger partial charge in [-0.1, -0.05) is 0 Å². The van der Waals surface area contributed by atoms with Crippen LogP contribution in [0.4, 0.5) is 23.0 Å². The van der Waals surface area contributed by atoms with Gasteiger partial charge >= 0.3 is 0 Å². The Kier molecular flexibility index (Phi) is 9.69. The van der Waals surface area contributed by atoms with Gasteiger partial charge < -0.3 is 49.6 Å². The van der Waals surface area contributed by atoms with E-state index in [1.165, 1.54) is 15.2 Å². The van der Waals surface area contributed by atoms with E-state index in [0.717, 1.165) is 11.1 Å². The molecule has 2 saturated heterocycles. The number of anilines is 4. The van der Waals surface area contributed by atoms with Gasteiger partial charge in [0.15, 0.2) is 22.9 Å². The molecule has 20 nitrogen and oxygen atoms in total. The Balaban J connectivity index is 1.03. The Morgan fingerprint density at radius 3 is 2.11 bits per heavy atom. The quantitative estimate of drug-likeness (QED) is 0.164. The maximum atomic E-state index is 14.9. The molecule has 6 aromatic rings. The van der Waals surface area contributed by atoms with Gasteiger partial charge in [-0.2, -0.15) is 20.2 Å². The average molecular weight is 847 g/mol. The van der Waals surface area contributed by atoms with E-state index >= 15 is 0 Å². The largest absolute Gasteiger partial charge is 0.471 e. The van der Waals surface area contributed by atoms with Crippen LogP contribution in [-0.2, 0) is 22.3 Å². The van der Waals surface area contributed by atoms with Gasteiger partial charge in [0.05, 0.1) is 62.7 Å². The van der Waals surface area contributed by atoms with Crippen molar-refractivity contribution < 1.29 is 38.7 Å². The van der Waals surface area contributed by atoms with E-state index in [-0.39, 0.29) is 48.8 Å². The number of pyridine rings is 2. The third-order valence-corrected chi connectivity index (χ3v) is 11.5. The summed E-state index contributed by atoms with van der Waals surface area (Å²) in [5, 5.41) is 36.9. The number of hydrogen-bond acceptors (Lipinski definition) is 16. The zero-order valence-corrected chi connectivity index (χ0v) is 34.6. The van der Waals surface area contributed by atoms with Gasteiger partial charge in [-0.25, -0.2) is 19.0 Å². The molecule has 0 radical (unpaired) electrons. The van der Waals surface area contributed by atoms with Crippen molar-refractivity contribution in [3.63, 3.8) is 0 Å². The van der Waals surface area contributed by atoms with Crippen molar-refractivity contribution in [3.8, 4) is 11.8 Å². The molecular formula is C42H46N12O8. The number of amides is 2. The molecule has 6 aromatic heterocycles. The number of fused-ring (bicyclic) bond motifs is 4. The van der Waals surface area contributed by atoms with Crippen LogP contribution in [0.1, 0.15) is 71.3 Å². The van der Waals surface area contributed by atoms with E-state index < -0.39 is 47.8 Å². The second-order valence-corrected chi connectivity index (χ2v) is 17.1. The lowest BCUT2D eigenvalue weighted by Gasteiger charge is -2.41. The van der Waals surface area contributed by atoms with Crippen LogP contribution in [0.2, 0.25) is 0 Å². The number of aromatic nitrogens is 8. The molecule has 4 aliphatic heterocycles. The van der Waals surface area contributed by atoms with Crippen LogP contribution in [0, 0.1) is 0 Å². The molecule has 3 atom stereocenters. The van der Waals surface area contributed by atoms with Crippen molar-refractivity contribution in [3.05, 3.63) is 83.2 Å². The van der Waals surface area contributed by atoms with E-state index in [0.29, 0.717) is 66.4 Å². The zero-order chi connectivity index (χ0) is 42.9. The number of ether oxygens (including phenoxy) is 4. The summed E-state index contributed by atoms with van der Waals surface area (Å²) in [6, 6.07) is 5.87.